The Hall–Kier alpha value is -2.29. The molecule has 0 saturated heterocycles. The van der Waals surface area contributed by atoms with Gasteiger partial charge in [-0.3, -0.25) is 9.36 Å². The van der Waals surface area contributed by atoms with Gasteiger partial charge >= 0.3 is 5.69 Å². The molecule has 3 rings (SSSR count). The van der Waals surface area contributed by atoms with Gasteiger partial charge in [0.2, 0.25) is 0 Å². The van der Waals surface area contributed by atoms with Gasteiger partial charge in [-0.15, -0.1) is 0 Å². The van der Waals surface area contributed by atoms with Gasteiger partial charge in [-0.25, -0.2) is 14.5 Å². The van der Waals surface area contributed by atoms with E-state index in [0.717, 1.165) is 4.57 Å². The summed E-state index contributed by atoms with van der Waals surface area (Å²) in [7, 11) is 1.31. The Balaban J connectivity index is 2.34. The van der Waals surface area contributed by atoms with E-state index in [2.05, 4.69) is 15.1 Å². The van der Waals surface area contributed by atoms with Crippen LogP contribution >= 0.6 is 23.2 Å². The van der Waals surface area contributed by atoms with Gasteiger partial charge in [-0.05, 0) is 18.2 Å². The van der Waals surface area contributed by atoms with Crippen LogP contribution in [0.3, 0.4) is 0 Å². The Labute approximate surface area is 145 Å². The minimum Gasteiger partial charge on any atom is -0.394 e. The lowest BCUT2D eigenvalue weighted by molar-refractivity contribution is 0.268. The van der Waals surface area contributed by atoms with Crippen molar-refractivity contribution in [2.75, 3.05) is 6.61 Å². The Morgan fingerprint density at radius 1 is 1.17 bits per heavy atom. The van der Waals surface area contributed by atoms with Crippen molar-refractivity contribution in [1.29, 1.82) is 0 Å². The summed E-state index contributed by atoms with van der Waals surface area (Å²) in [5.41, 5.74) is -0.807. The smallest absolute Gasteiger partial charge is 0.352 e. The number of aliphatic hydroxyl groups is 1. The summed E-state index contributed by atoms with van der Waals surface area (Å²) in [6, 6.07) is 4.80. The lowest BCUT2D eigenvalue weighted by Crippen LogP contribution is -2.37. The van der Waals surface area contributed by atoms with Crippen LogP contribution < -0.4 is 11.2 Å². The minimum atomic E-state index is -0.718. The fourth-order valence-corrected chi connectivity index (χ4v) is 2.43. The number of nitrogens with zero attached hydrogens (tertiary/aromatic N) is 5. The molecule has 2 aliphatic rings. The van der Waals surface area contributed by atoms with E-state index >= 15 is 0 Å². The van der Waals surface area contributed by atoms with Gasteiger partial charge < -0.3 is 5.11 Å². The summed E-state index contributed by atoms with van der Waals surface area (Å²) < 4.78 is 2.13. The van der Waals surface area contributed by atoms with E-state index in [1.807, 2.05) is 0 Å². The molecule has 1 aromatic rings. The van der Waals surface area contributed by atoms with E-state index in [-0.39, 0.29) is 30.5 Å². The highest BCUT2D eigenvalue weighted by molar-refractivity contribution is 6.42. The van der Waals surface area contributed by atoms with E-state index in [1.165, 1.54) is 11.7 Å². The molecule has 124 valence electrons. The van der Waals surface area contributed by atoms with Crippen molar-refractivity contribution in [3.63, 3.8) is 0 Å². The molecule has 0 aromatic heterocycles. The average molecular weight is 368 g/mol. The van der Waals surface area contributed by atoms with Crippen LogP contribution in [0, 0.1) is 0 Å². The first-order chi connectivity index (χ1) is 11.4. The number of halogens is 2. The lowest BCUT2D eigenvalue weighted by Gasteiger charge is -2.14. The molecule has 10 heteroatoms. The van der Waals surface area contributed by atoms with Crippen molar-refractivity contribution in [3.05, 3.63) is 49.1 Å². The second-order valence-electron chi connectivity index (χ2n) is 4.94. The molecule has 2 heterocycles. The predicted molar refractivity (Wildman–Crippen MR) is 88.5 cm³/mol. The normalized spacial score (nSPS) is 11.2. The predicted octanol–water partition coefficient (Wildman–Crippen LogP) is 0.803. The number of aromatic nitrogens is 5. The summed E-state index contributed by atoms with van der Waals surface area (Å²) >= 11 is 11.9. The summed E-state index contributed by atoms with van der Waals surface area (Å²) in [6.45, 7) is -0.199. The Morgan fingerprint density at radius 2 is 1.92 bits per heavy atom. The van der Waals surface area contributed by atoms with Crippen molar-refractivity contribution in [2.24, 2.45) is 7.05 Å². The van der Waals surface area contributed by atoms with E-state index in [4.69, 9.17) is 23.2 Å². The molecular weight excluding hydrogens is 357 g/mol. The number of hydrogen-bond donors (Lipinski definition) is 1. The number of fused-ring (bicyclic) bond motifs is 1. The van der Waals surface area contributed by atoms with Crippen LogP contribution in [0.1, 0.15) is 0 Å². The van der Waals surface area contributed by atoms with Crippen LogP contribution in [0.2, 0.25) is 10.0 Å². The summed E-state index contributed by atoms with van der Waals surface area (Å²) in [5.74, 6) is 0.216. The topological polar surface area (TPSA) is 103 Å². The molecular formula is C14H11Cl2N5O3. The van der Waals surface area contributed by atoms with Crippen molar-refractivity contribution >= 4 is 23.2 Å². The van der Waals surface area contributed by atoms with Gasteiger partial charge in [-0.1, -0.05) is 23.2 Å². The highest BCUT2D eigenvalue weighted by Crippen LogP contribution is 2.27. The maximum atomic E-state index is 12.3. The van der Waals surface area contributed by atoms with Crippen LogP contribution in [-0.2, 0) is 13.6 Å². The zero-order valence-electron chi connectivity index (χ0n) is 12.4. The first kappa shape index (κ1) is 16.6. The third-order valence-electron chi connectivity index (χ3n) is 3.37. The molecule has 0 amide bonds. The van der Waals surface area contributed by atoms with Gasteiger partial charge in [0.1, 0.15) is 0 Å². The molecule has 0 fully saturated rings. The first-order valence-corrected chi connectivity index (χ1v) is 7.60. The molecule has 0 unspecified atom stereocenters. The highest BCUT2D eigenvalue weighted by Gasteiger charge is 2.20. The van der Waals surface area contributed by atoms with E-state index in [0.29, 0.717) is 15.6 Å². The van der Waals surface area contributed by atoms with E-state index in [1.54, 1.807) is 18.2 Å². The Bertz CT molecular complexity index is 1010. The second kappa shape index (κ2) is 6.31. The third kappa shape index (κ3) is 2.79. The molecule has 0 saturated carbocycles. The molecule has 0 radical (unpaired) electrons. The molecule has 8 nitrogen and oxygen atoms in total. The molecule has 0 bridgehead atoms. The fourth-order valence-electron chi connectivity index (χ4n) is 2.14. The summed E-state index contributed by atoms with van der Waals surface area (Å²) in [5, 5.41) is 14.1. The largest absolute Gasteiger partial charge is 0.394 e. The zero-order chi connectivity index (χ0) is 17.4. The van der Waals surface area contributed by atoms with Crippen LogP contribution in [0.5, 0.6) is 0 Å². The highest BCUT2D eigenvalue weighted by atomic mass is 35.5. The number of hydrogen-bond acceptors (Lipinski definition) is 6. The second-order valence-corrected chi connectivity index (χ2v) is 5.76. The van der Waals surface area contributed by atoms with Gasteiger partial charge in [0, 0.05) is 12.6 Å². The number of benzene rings is 1. The quantitative estimate of drug-likeness (QED) is 0.734. The third-order valence-corrected chi connectivity index (χ3v) is 4.11. The van der Waals surface area contributed by atoms with Crippen molar-refractivity contribution in [2.45, 2.75) is 6.54 Å². The van der Waals surface area contributed by atoms with Crippen molar-refractivity contribution in [3.8, 4) is 22.9 Å². The van der Waals surface area contributed by atoms with Gasteiger partial charge in [-0.2, -0.15) is 10.1 Å². The van der Waals surface area contributed by atoms with E-state index < -0.39 is 11.2 Å². The summed E-state index contributed by atoms with van der Waals surface area (Å²) in [6.07, 6.45) is 0. The van der Waals surface area contributed by atoms with Gasteiger partial charge in [0.05, 0.1) is 23.2 Å². The van der Waals surface area contributed by atoms with Crippen molar-refractivity contribution in [1.82, 2.24) is 24.3 Å². The molecule has 1 N–H and O–H groups in total. The van der Waals surface area contributed by atoms with Crippen LogP contribution in [0.4, 0.5) is 0 Å². The van der Waals surface area contributed by atoms with Crippen LogP contribution in [0.15, 0.2) is 27.8 Å². The average Bonchev–Trinajstić information content (AvgIpc) is 2.56. The standard InChI is InChI=1S/C14H11Cl2N5O3/c1-20-13(23)10-12(18-14(20)24)21(4-5-22)19-11(17-10)7-2-3-8(15)9(16)6-7/h2-3,6,22H,4-5H2,1H3. The minimum absolute atomic E-state index is 0.0148. The fraction of sp³-hybridized carbons (Fsp3) is 0.214. The van der Waals surface area contributed by atoms with Crippen LogP contribution in [-0.4, -0.2) is 36.0 Å². The van der Waals surface area contributed by atoms with Crippen LogP contribution in [0.25, 0.3) is 22.9 Å². The number of aliphatic hydroxyl groups excluding tert-OH is 1. The maximum absolute atomic E-state index is 12.3. The molecule has 0 atom stereocenters. The van der Waals surface area contributed by atoms with Gasteiger partial charge in [0.15, 0.2) is 17.3 Å². The molecule has 0 aliphatic carbocycles. The SMILES string of the molecule is Cn1c(=O)nc2n(CCO)nc(-c3ccc(Cl)c(Cl)c3)nc-2c1=O. The number of rotatable bonds is 3. The molecule has 0 spiro atoms. The Kier molecular flexibility index (Phi) is 4.35. The first-order valence-electron chi connectivity index (χ1n) is 6.84. The molecule has 24 heavy (non-hydrogen) atoms. The van der Waals surface area contributed by atoms with Crippen molar-refractivity contribution < 1.29 is 5.11 Å². The zero-order valence-corrected chi connectivity index (χ0v) is 13.9. The molecule has 1 aromatic carbocycles. The Morgan fingerprint density at radius 3 is 2.58 bits per heavy atom. The van der Waals surface area contributed by atoms with Gasteiger partial charge in [0.25, 0.3) is 5.56 Å². The summed E-state index contributed by atoms with van der Waals surface area (Å²) in [4.78, 5) is 32.1. The lowest BCUT2D eigenvalue weighted by atomic mass is 10.2. The molecule has 2 aliphatic heterocycles. The maximum Gasteiger partial charge on any atom is 0.352 e. The van der Waals surface area contributed by atoms with E-state index in [9.17, 15) is 14.7 Å². The monoisotopic (exact) mass is 367 g/mol.